The van der Waals surface area contributed by atoms with Crippen LogP contribution >= 0.6 is 0 Å². The third-order valence-electron chi connectivity index (χ3n) is 1.98. The molecular formula is C9H11F2NO2. The van der Waals surface area contributed by atoms with Crippen LogP contribution in [0.5, 0.6) is 11.5 Å². The summed E-state index contributed by atoms with van der Waals surface area (Å²) in [7, 11) is 2.45. The first kappa shape index (κ1) is 10.6. The second-order valence-corrected chi connectivity index (χ2v) is 2.73. The number of rotatable bonds is 2. The number of ether oxygens (including phenoxy) is 2. The van der Waals surface area contributed by atoms with E-state index in [0.717, 1.165) is 0 Å². The lowest BCUT2D eigenvalue weighted by Gasteiger charge is -2.13. The molecule has 0 aliphatic rings. The van der Waals surface area contributed by atoms with Crippen LogP contribution in [0.25, 0.3) is 0 Å². The van der Waals surface area contributed by atoms with Crippen molar-refractivity contribution in [3.63, 3.8) is 0 Å². The Hall–Kier alpha value is -1.52. The maximum atomic E-state index is 13.4. The first-order valence-electron chi connectivity index (χ1n) is 3.89. The average Bonchev–Trinajstić information content (AvgIpc) is 2.20. The van der Waals surface area contributed by atoms with Crippen LogP contribution in [0.15, 0.2) is 0 Å². The molecule has 1 rings (SSSR count). The van der Waals surface area contributed by atoms with Gasteiger partial charge in [-0.25, -0.2) is 8.78 Å². The summed E-state index contributed by atoms with van der Waals surface area (Å²) in [5.41, 5.74) is 5.08. The standard InChI is InChI=1S/C9H11F2NO2/c1-4-5(10)8(13-2)9(14-3)6(11)7(4)12/h12H2,1-3H3. The van der Waals surface area contributed by atoms with Crippen LogP contribution in [-0.4, -0.2) is 14.2 Å². The van der Waals surface area contributed by atoms with Crippen molar-refractivity contribution in [1.82, 2.24) is 0 Å². The largest absolute Gasteiger partial charge is 0.490 e. The van der Waals surface area contributed by atoms with Gasteiger partial charge >= 0.3 is 0 Å². The van der Waals surface area contributed by atoms with E-state index >= 15 is 0 Å². The first-order valence-corrected chi connectivity index (χ1v) is 3.89. The molecule has 0 spiro atoms. The van der Waals surface area contributed by atoms with Gasteiger partial charge in [0.25, 0.3) is 0 Å². The molecule has 2 N–H and O–H groups in total. The van der Waals surface area contributed by atoms with Gasteiger partial charge in [-0.1, -0.05) is 0 Å². The molecule has 3 nitrogen and oxygen atoms in total. The van der Waals surface area contributed by atoms with Crippen molar-refractivity contribution < 1.29 is 18.3 Å². The SMILES string of the molecule is COc1c(F)c(C)c(N)c(F)c1OC. The molecule has 1 aromatic carbocycles. The second-order valence-electron chi connectivity index (χ2n) is 2.73. The highest BCUT2D eigenvalue weighted by molar-refractivity contribution is 5.59. The maximum absolute atomic E-state index is 13.4. The topological polar surface area (TPSA) is 44.5 Å². The van der Waals surface area contributed by atoms with Crippen molar-refractivity contribution >= 4 is 5.69 Å². The fraction of sp³-hybridized carbons (Fsp3) is 0.333. The third kappa shape index (κ3) is 1.34. The zero-order chi connectivity index (χ0) is 10.9. The highest BCUT2D eigenvalue weighted by Crippen LogP contribution is 2.38. The highest BCUT2D eigenvalue weighted by atomic mass is 19.1. The summed E-state index contributed by atoms with van der Waals surface area (Å²) in [4.78, 5) is 0. The lowest BCUT2D eigenvalue weighted by Crippen LogP contribution is -2.04. The average molecular weight is 203 g/mol. The van der Waals surface area contributed by atoms with Crippen molar-refractivity contribution in [3.8, 4) is 11.5 Å². The molecule has 0 heterocycles. The van der Waals surface area contributed by atoms with Crippen molar-refractivity contribution in [3.05, 3.63) is 17.2 Å². The summed E-state index contributed by atoms with van der Waals surface area (Å²) in [5.74, 6) is -2.09. The molecule has 5 heteroatoms. The molecule has 0 aliphatic heterocycles. The fourth-order valence-corrected chi connectivity index (χ4v) is 1.14. The summed E-state index contributed by atoms with van der Waals surface area (Å²) in [6.45, 7) is 1.37. The number of anilines is 1. The smallest absolute Gasteiger partial charge is 0.202 e. The number of nitrogens with two attached hydrogens (primary N) is 1. The quantitative estimate of drug-likeness (QED) is 0.746. The van der Waals surface area contributed by atoms with Gasteiger partial charge in [0.15, 0.2) is 17.4 Å². The lowest BCUT2D eigenvalue weighted by molar-refractivity contribution is 0.322. The van der Waals surface area contributed by atoms with Crippen molar-refractivity contribution in [2.24, 2.45) is 0 Å². The Morgan fingerprint density at radius 2 is 1.43 bits per heavy atom. The Morgan fingerprint density at radius 1 is 1.00 bits per heavy atom. The zero-order valence-corrected chi connectivity index (χ0v) is 8.15. The van der Waals surface area contributed by atoms with E-state index in [4.69, 9.17) is 5.73 Å². The van der Waals surface area contributed by atoms with E-state index in [0.29, 0.717) is 0 Å². The minimum absolute atomic E-state index is 0.0140. The molecule has 1 aromatic rings. The lowest BCUT2D eigenvalue weighted by atomic mass is 10.1. The van der Waals surface area contributed by atoms with Crippen LogP contribution in [-0.2, 0) is 0 Å². The summed E-state index contributed by atoms with van der Waals surface area (Å²) in [6, 6.07) is 0. The minimum Gasteiger partial charge on any atom is -0.490 e. The third-order valence-corrected chi connectivity index (χ3v) is 1.98. The normalized spacial score (nSPS) is 10.1. The number of hydrogen-bond acceptors (Lipinski definition) is 3. The number of methoxy groups -OCH3 is 2. The fourth-order valence-electron chi connectivity index (χ4n) is 1.14. The van der Waals surface area contributed by atoms with E-state index in [1.54, 1.807) is 0 Å². The number of benzene rings is 1. The molecule has 0 aliphatic carbocycles. The van der Waals surface area contributed by atoms with Crippen LogP contribution in [0, 0.1) is 18.6 Å². The number of halogens is 2. The van der Waals surface area contributed by atoms with Gasteiger partial charge in [0, 0.05) is 5.56 Å². The van der Waals surface area contributed by atoms with E-state index < -0.39 is 11.6 Å². The monoisotopic (exact) mass is 203 g/mol. The molecule has 0 radical (unpaired) electrons. The Bertz CT molecular complexity index is 332. The van der Waals surface area contributed by atoms with E-state index in [-0.39, 0.29) is 22.7 Å². The van der Waals surface area contributed by atoms with Gasteiger partial charge in [-0.05, 0) is 6.92 Å². The van der Waals surface area contributed by atoms with E-state index in [1.165, 1.54) is 21.1 Å². The van der Waals surface area contributed by atoms with E-state index in [1.807, 2.05) is 0 Å². The predicted molar refractivity (Wildman–Crippen MR) is 48.6 cm³/mol. The minimum atomic E-state index is -0.803. The molecule has 14 heavy (non-hydrogen) atoms. The zero-order valence-electron chi connectivity index (χ0n) is 8.15. The molecule has 0 saturated carbocycles. The van der Waals surface area contributed by atoms with Crippen molar-refractivity contribution in [2.75, 3.05) is 20.0 Å². The van der Waals surface area contributed by atoms with Gasteiger partial charge in [0.2, 0.25) is 5.75 Å². The van der Waals surface area contributed by atoms with Gasteiger partial charge in [-0.2, -0.15) is 0 Å². The molecule has 0 unspecified atom stereocenters. The number of hydrogen-bond donors (Lipinski definition) is 1. The van der Waals surface area contributed by atoms with Crippen LogP contribution < -0.4 is 15.2 Å². The molecule has 0 atom stereocenters. The summed E-state index contributed by atoms with van der Waals surface area (Å²) in [6.07, 6.45) is 0. The van der Waals surface area contributed by atoms with Gasteiger partial charge in [0.1, 0.15) is 0 Å². The van der Waals surface area contributed by atoms with Crippen molar-refractivity contribution in [2.45, 2.75) is 6.92 Å². The number of nitrogen functional groups attached to an aromatic ring is 1. The second kappa shape index (κ2) is 3.69. The molecule has 0 amide bonds. The van der Waals surface area contributed by atoms with Crippen LogP contribution in [0.2, 0.25) is 0 Å². The first-order chi connectivity index (χ1) is 6.54. The highest BCUT2D eigenvalue weighted by Gasteiger charge is 2.22. The maximum Gasteiger partial charge on any atom is 0.202 e. The van der Waals surface area contributed by atoms with Crippen LogP contribution in [0.3, 0.4) is 0 Å². The molecule has 0 fully saturated rings. The van der Waals surface area contributed by atoms with E-state index in [9.17, 15) is 8.78 Å². The van der Waals surface area contributed by atoms with Crippen molar-refractivity contribution in [1.29, 1.82) is 0 Å². The van der Waals surface area contributed by atoms with Gasteiger partial charge in [-0.15, -0.1) is 0 Å². The Morgan fingerprint density at radius 3 is 1.86 bits per heavy atom. The predicted octanol–water partition coefficient (Wildman–Crippen LogP) is 1.87. The Balaban J connectivity index is 3.57. The molecule has 78 valence electrons. The summed E-state index contributed by atoms with van der Waals surface area (Å²) in [5, 5.41) is 0. The van der Waals surface area contributed by atoms with Gasteiger partial charge in [-0.3, -0.25) is 0 Å². The molecule has 0 saturated heterocycles. The van der Waals surface area contributed by atoms with Crippen LogP contribution in [0.1, 0.15) is 5.56 Å². The Labute approximate surface area is 80.4 Å². The van der Waals surface area contributed by atoms with Gasteiger partial charge in [0.05, 0.1) is 19.9 Å². The van der Waals surface area contributed by atoms with Crippen LogP contribution in [0.4, 0.5) is 14.5 Å². The Kier molecular flexibility index (Phi) is 2.78. The summed E-state index contributed by atoms with van der Waals surface area (Å²) < 4.78 is 36.2. The molecule has 0 bridgehead atoms. The van der Waals surface area contributed by atoms with Gasteiger partial charge < -0.3 is 15.2 Å². The molecular weight excluding hydrogens is 192 g/mol. The summed E-state index contributed by atoms with van der Waals surface area (Å²) >= 11 is 0. The molecule has 0 aromatic heterocycles. The van der Waals surface area contributed by atoms with E-state index in [2.05, 4.69) is 9.47 Å².